The molecule has 1 fully saturated rings. The number of amides is 1. The fourth-order valence-corrected chi connectivity index (χ4v) is 7.30. The first kappa shape index (κ1) is 28.4. The van der Waals surface area contributed by atoms with Crippen molar-refractivity contribution >= 4 is 43.5 Å². The number of sulfonamides is 1. The van der Waals surface area contributed by atoms with Crippen LogP contribution in [0.5, 0.6) is 0 Å². The zero-order valence-corrected chi connectivity index (χ0v) is 25.8. The number of rotatable bonds is 6. The summed E-state index contributed by atoms with van der Waals surface area (Å²) in [6, 6.07) is 19.6. The minimum Gasteiger partial charge on any atom is -0.455 e. The number of anilines is 1. The lowest BCUT2D eigenvalue weighted by molar-refractivity contribution is 0.0964. The molecule has 0 unspecified atom stereocenters. The van der Waals surface area contributed by atoms with Crippen LogP contribution in [0.25, 0.3) is 55.8 Å². The molecule has 0 bridgehead atoms. The van der Waals surface area contributed by atoms with Gasteiger partial charge in [-0.3, -0.25) is 9.52 Å². The van der Waals surface area contributed by atoms with Gasteiger partial charge >= 0.3 is 0 Å². The molecule has 3 aromatic carbocycles. The van der Waals surface area contributed by atoms with Crippen LogP contribution in [0.3, 0.4) is 0 Å². The third-order valence-corrected chi connectivity index (χ3v) is 10.5. The average molecular weight is 639 g/mol. The Hall–Kier alpha value is -5.03. The molecule has 232 valence electrons. The lowest BCUT2D eigenvalue weighted by Gasteiger charge is -2.28. The highest BCUT2D eigenvalue weighted by atomic mass is 32.2. The van der Waals surface area contributed by atoms with Crippen LogP contribution in [0.4, 0.5) is 14.5 Å². The van der Waals surface area contributed by atoms with E-state index in [1.165, 1.54) is 44.3 Å². The first-order valence-electron chi connectivity index (χ1n) is 15.0. The van der Waals surface area contributed by atoms with Gasteiger partial charge in [0, 0.05) is 47.0 Å². The molecule has 3 aromatic heterocycles. The van der Waals surface area contributed by atoms with E-state index >= 15 is 0 Å². The first-order valence-corrected chi connectivity index (χ1v) is 16.7. The molecule has 11 heteroatoms. The normalized spacial score (nSPS) is 14.8. The second-order valence-corrected chi connectivity index (χ2v) is 14.0. The van der Waals surface area contributed by atoms with Crippen molar-refractivity contribution in [3.63, 3.8) is 0 Å². The van der Waals surface area contributed by atoms with Crippen molar-refractivity contribution in [3.05, 3.63) is 95.6 Å². The zero-order valence-electron chi connectivity index (χ0n) is 24.9. The molecule has 1 aliphatic carbocycles. The Morgan fingerprint density at radius 3 is 2.52 bits per heavy atom. The second-order valence-electron chi connectivity index (χ2n) is 12.0. The predicted octanol–water partition coefficient (Wildman–Crippen LogP) is 7.23. The summed E-state index contributed by atoms with van der Waals surface area (Å²) in [5, 5.41) is 3.61. The number of furan rings is 1. The zero-order chi connectivity index (χ0) is 32.0. The summed E-state index contributed by atoms with van der Waals surface area (Å²) < 4.78 is 65.4. The van der Waals surface area contributed by atoms with Gasteiger partial charge in [-0.25, -0.2) is 22.2 Å². The summed E-state index contributed by atoms with van der Waals surface area (Å²) in [6.07, 6.45) is 1.97. The molecule has 46 heavy (non-hydrogen) atoms. The molecule has 8 rings (SSSR count). The molecule has 0 atom stereocenters. The Morgan fingerprint density at radius 1 is 1.02 bits per heavy atom. The number of aromatic nitrogens is 2. The van der Waals surface area contributed by atoms with E-state index in [0.717, 1.165) is 36.2 Å². The maximum atomic E-state index is 14.9. The predicted molar refractivity (Wildman–Crippen MR) is 173 cm³/mol. The SMILES string of the molecule is CCS(=O)(=O)Nc1cc2oc(-c3ccc(F)cc3)c(C(=O)NC)c2cc1-c1ccc2c(n1)-c1cc3c(F)cccc3n1CC21CC1. The number of benzene rings is 3. The van der Waals surface area contributed by atoms with E-state index < -0.39 is 21.7 Å². The van der Waals surface area contributed by atoms with E-state index in [2.05, 4.69) is 14.6 Å². The quantitative estimate of drug-likeness (QED) is 0.200. The van der Waals surface area contributed by atoms with Crippen molar-refractivity contribution in [2.24, 2.45) is 0 Å². The lowest BCUT2D eigenvalue weighted by Crippen LogP contribution is -2.23. The van der Waals surface area contributed by atoms with Crippen molar-refractivity contribution in [2.45, 2.75) is 31.7 Å². The first-order chi connectivity index (χ1) is 22.1. The van der Waals surface area contributed by atoms with Crippen LogP contribution in [-0.2, 0) is 22.0 Å². The number of hydrogen-bond acceptors (Lipinski definition) is 5. The van der Waals surface area contributed by atoms with Crippen molar-refractivity contribution in [3.8, 4) is 34.0 Å². The van der Waals surface area contributed by atoms with E-state index in [4.69, 9.17) is 9.40 Å². The number of carbonyl (C=O) groups is 1. The Morgan fingerprint density at radius 2 is 1.80 bits per heavy atom. The van der Waals surface area contributed by atoms with Crippen molar-refractivity contribution in [1.82, 2.24) is 14.9 Å². The summed E-state index contributed by atoms with van der Waals surface area (Å²) in [4.78, 5) is 18.4. The van der Waals surface area contributed by atoms with Crippen LogP contribution >= 0.6 is 0 Å². The van der Waals surface area contributed by atoms with E-state index in [9.17, 15) is 22.0 Å². The van der Waals surface area contributed by atoms with Gasteiger partial charge in [-0.1, -0.05) is 12.1 Å². The van der Waals surface area contributed by atoms with Gasteiger partial charge in [0.05, 0.1) is 39.6 Å². The third-order valence-electron chi connectivity index (χ3n) is 9.23. The van der Waals surface area contributed by atoms with Gasteiger partial charge in [-0.15, -0.1) is 0 Å². The molecule has 1 amide bonds. The topological polar surface area (TPSA) is 106 Å². The average Bonchev–Trinajstić information content (AvgIpc) is 3.57. The number of nitrogens with zero attached hydrogens (tertiary/aromatic N) is 2. The third kappa shape index (κ3) is 4.33. The molecular formula is C35H28F2N4O4S. The number of carbonyl (C=O) groups excluding carboxylic acids is 1. The van der Waals surface area contributed by atoms with Crippen molar-refractivity contribution < 1.29 is 26.4 Å². The summed E-state index contributed by atoms with van der Waals surface area (Å²) in [5.74, 6) is -1.11. The van der Waals surface area contributed by atoms with Crippen LogP contribution in [0, 0.1) is 11.6 Å². The molecule has 8 nitrogen and oxygen atoms in total. The van der Waals surface area contributed by atoms with E-state index in [1.54, 1.807) is 18.2 Å². The number of nitrogens with one attached hydrogen (secondary N) is 2. The fraction of sp³-hybridized carbons (Fsp3) is 0.200. The standard InChI is InChI=1S/C35H28F2N4O4S/c1-3-46(43,44)40-27-17-30-23(31(34(42)38-2)33(45-30)19-7-9-20(36)10-8-19)15-22(27)26-12-11-24-32(39-26)29-16-21-25(37)5-4-6-28(21)41(29)18-35(24)13-14-35/h4-12,15-17,40H,3,13-14,18H2,1-2H3,(H,38,42). The molecule has 1 spiro atoms. The highest BCUT2D eigenvalue weighted by Crippen LogP contribution is 2.56. The highest BCUT2D eigenvalue weighted by molar-refractivity contribution is 7.92. The maximum Gasteiger partial charge on any atom is 0.255 e. The van der Waals surface area contributed by atoms with E-state index in [0.29, 0.717) is 33.3 Å². The Balaban J connectivity index is 1.38. The smallest absolute Gasteiger partial charge is 0.255 e. The lowest BCUT2D eigenvalue weighted by atomic mass is 9.89. The second kappa shape index (κ2) is 9.98. The number of pyridine rings is 1. The maximum absolute atomic E-state index is 14.9. The fourth-order valence-electron chi connectivity index (χ4n) is 6.65. The monoisotopic (exact) mass is 638 g/mol. The molecular weight excluding hydrogens is 610 g/mol. The largest absolute Gasteiger partial charge is 0.455 e. The minimum absolute atomic E-state index is 0.0935. The Labute approximate surface area is 263 Å². The van der Waals surface area contributed by atoms with E-state index in [-0.39, 0.29) is 39.6 Å². The molecule has 2 aliphatic rings. The Kier molecular flexibility index (Phi) is 6.17. The van der Waals surface area contributed by atoms with Gasteiger partial charge in [0.1, 0.15) is 23.0 Å². The summed E-state index contributed by atoms with van der Waals surface area (Å²) in [5.41, 5.74) is 5.40. The van der Waals surface area contributed by atoms with Gasteiger partial charge in [0.15, 0.2) is 0 Å². The molecule has 1 aliphatic heterocycles. The molecule has 4 heterocycles. The van der Waals surface area contributed by atoms with E-state index in [1.807, 2.05) is 24.3 Å². The molecule has 6 aromatic rings. The van der Waals surface area contributed by atoms with Crippen molar-refractivity contribution in [1.29, 1.82) is 0 Å². The summed E-state index contributed by atoms with van der Waals surface area (Å²) in [6.45, 7) is 2.27. The highest BCUT2D eigenvalue weighted by Gasteiger charge is 2.49. The number of fused-ring (bicyclic) bond motifs is 7. The van der Waals surface area contributed by atoms with Gasteiger partial charge in [0.2, 0.25) is 10.0 Å². The van der Waals surface area contributed by atoms with Crippen LogP contribution in [0.15, 0.2) is 77.2 Å². The Bertz CT molecular complexity index is 2360. The van der Waals surface area contributed by atoms with Gasteiger partial charge in [-0.2, -0.15) is 0 Å². The minimum atomic E-state index is -3.74. The number of hydrogen-bond donors (Lipinski definition) is 2. The molecule has 2 N–H and O–H groups in total. The summed E-state index contributed by atoms with van der Waals surface area (Å²) in [7, 11) is -2.23. The van der Waals surface area contributed by atoms with Crippen LogP contribution in [-0.4, -0.2) is 36.7 Å². The van der Waals surface area contributed by atoms with Gasteiger partial charge in [0.25, 0.3) is 5.91 Å². The van der Waals surface area contributed by atoms with Gasteiger partial charge in [-0.05, 0) is 79.9 Å². The van der Waals surface area contributed by atoms with Crippen LogP contribution in [0.1, 0.15) is 35.7 Å². The van der Waals surface area contributed by atoms with Gasteiger partial charge < -0.3 is 14.3 Å². The summed E-state index contributed by atoms with van der Waals surface area (Å²) >= 11 is 0. The van der Waals surface area contributed by atoms with Crippen molar-refractivity contribution in [2.75, 3.05) is 17.5 Å². The molecule has 0 saturated heterocycles. The number of halogens is 2. The van der Waals surface area contributed by atoms with Crippen LogP contribution < -0.4 is 10.0 Å². The van der Waals surface area contributed by atoms with Crippen LogP contribution in [0.2, 0.25) is 0 Å². The molecule has 1 saturated carbocycles. The molecule has 0 radical (unpaired) electrons.